The Balaban J connectivity index is 2.09. The molecule has 2 aromatic rings. The van der Waals surface area contributed by atoms with Crippen LogP contribution in [0.2, 0.25) is 0 Å². The molecule has 0 aliphatic carbocycles. The second-order valence-electron chi connectivity index (χ2n) is 8.61. The highest BCUT2D eigenvalue weighted by Gasteiger charge is 2.39. The normalized spacial score (nSPS) is 20.1. The van der Waals surface area contributed by atoms with Crippen molar-refractivity contribution in [3.8, 4) is 0 Å². The predicted octanol–water partition coefficient (Wildman–Crippen LogP) is 3.13. The Morgan fingerprint density at radius 2 is 1.94 bits per heavy atom. The number of amides is 1. The van der Waals surface area contributed by atoms with Gasteiger partial charge in [-0.1, -0.05) is 18.2 Å². The van der Waals surface area contributed by atoms with Crippen LogP contribution in [0.15, 0.2) is 42.3 Å². The van der Waals surface area contributed by atoms with Crippen molar-refractivity contribution in [2.45, 2.75) is 45.2 Å². The molecule has 1 aromatic carbocycles. The fraction of sp³-hybridized carbons (Fsp3) is 0.538. The minimum absolute atomic E-state index is 0.0327. The lowest BCUT2D eigenvalue weighted by Crippen LogP contribution is -2.41. The monoisotopic (exact) mass is 488 g/mol. The lowest BCUT2D eigenvalue weighted by Gasteiger charge is -2.37. The van der Waals surface area contributed by atoms with Crippen molar-refractivity contribution in [2.24, 2.45) is 5.92 Å². The SMILES string of the molecule is CCOC1OC(C(=O)N(C)CC(OC)OC)=CC(c2cn(C(C)=O)c3ccccc23)C1CCCO. The van der Waals surface area contributed by atoms with Crippen LogP contribution >= 0.6 is 0 Å². The maximum Gasteiger partial charge on any atom is 0.288 e. The number of nitrogens with zero attached hydrogens (tertiary/aromatic N) is 2. The second-order valence-corrected chi connectivity index (χ2v) is 8.61. The number of rotatable bonds is 11. The van der Waals surface area contributed by atoms with Crippen LogP contribution in [-0.4, -0.2) is 80.0 Å². The minimum atomic E-state index is -0.686. The summed E-state index contributed by atoms with van der Waals surface area (Å²) in [6.45, 7) is 4.04. The first-order chi connectivity index (χ1) is 16.9. The molecule has 35 heavy (non-hydrogen) atoms. The molecule has 0 saturated heterocycles. The van der Waals surface area contributed by atoms with E-state index in [-0.39, 0.29) is 42.6 Å². The van der Waals surface area contributed by atoms with E-state index >= 15 is 0 Å². The second kappa shape index (κ2) is 12.3. The Kier molecular flexibility index (Phi) is 9.45. The fourth-order valence-electron chi connectivity index (χ4n) is 4.59. The Morgan fingerprint density at radius 1 is 1.23 bits per heavy atom. The molecule has 2 heterocycles. The van der Waals surface area contributed by atoms with Gasteiger partial charge in [0.25, 0.3) is 5.91 Å². The lowest BCUT2D eigenvalue weighted by atomic mass is 9.80. The third-order valence-corrected chi connectivity index (χ3v) is 6.36. The van der Waals surface area contributed by atoms with Gasteiger partial charge in [0.15, 0.2) is 12.0 Å². The number of allylic oxidation sites excluding steroid dienone is 1. The quantitative estimate of drug-likeness (QED) is 0.485. The molecule has 192 valence electrons. The van der Waals surface area contributed by atoms with Crippen LogP contribution in [0, 0.1) is 5.92 Å². The van der Waals surface area contributed by atoms with Crippen LogP contribution in [-0.2, 0) is 23.7 Å². The van der Waals surface area contributed by atoms with E-state index in [1.807, 2.05) is 43.5 Å². The van der Waals surface area contributed by atoms with Crippen LogP contribution in [0.5, 0.6) is 0 Å². The molecule has 3 unspecified atom stereocenters. The summed E-state index contributed by atoms with van der Waals surface area (Å²) >= 11 is 0. The highest BCUT2D eigenvalue weighted by molar-refractivity contribution is 5.95. The van der Waals surface area contributed by atoms with Crippen LogP contribution in [0.4, 0.5) is 0 Å². The van der Waals surface area contributed by atoms with E-state index in [9.17, 15) is 14.7 Å². The number of benzene rings is 1. The number of hydrogen-bond acceptors (Lipinski definition) is 7. The molecule has 1 N–H and O–H groups in total. The summed E-state index contributed by atoms with van der Waals surface area (Å²) in [7, 11) is 4.68. The van der Waals surface area contributed by atoms with Gasteiger partial charge in [0, 0.05) is 64.8 Å². The van der Waals surface area contributed by atoms with Gasteiger partial charge in [0.1, 0.15) is 0 Å². The fourth-order valence-corrected chi connectivity index (χ4v) is 4.59. The van der Waals surface area contributed by atoms with E-state index in [1.165, 1.54) is 26.0 Å². The Labute approximate surface area is 206 Å². The van der Waals surface area contributed by atoms with Gasteiger partial charge in [-0.05, 0) is 37.5 Å². The molecule has 0 radical (unpaired) electrons. The molecule has 0 bridgehead atoms. The molecule has 0 saturated carbocycles. The molecule has 1 aliphatic heterocycles. The van der Waals surface area contributed by atoms with E-state index < -0.39 is 12.6 Å². The maximum absolute atomic E-state index is 13.4. The number of para-hydroxylation sites is 1. The van der Waals surface area contributed by atoms with Gasteiger partial charge in [-0.3, -0.25) is 14.2 Å². The third-order valence-electron chi connectivity index (χ3n) is 6.36. The van der Waals surface area contributed by atoms with Crippen molar-refractivity contribution >= 4 is 22.7 Å². The summed E-state index contributed by atoms with van der Waals surface area (Å²) in [5, 5.41) is 10.5. The number of carbonyl (C=O) groups excluding carboxylic acids is 2. The van der Waals surface area contributed by atoms with Gasteiger partial charge in [0.05, 0.1) is 12.1 Å². The van der Waals surface area contributed by atoms with Crippen molar-refractivity contribution in [1.29, 1.82) is 0 Å². The third kappa shape index (κ3) is 5.92. The average molecular weight is 489 g/mol. The van der Waals surface area contributed by atoms with Gasteiger partial charge in [-0.2, -0.15) is 0 Å². The number of carbonyl (C=O) groups is 2. The standard InChI is InChI=1S/C26H36N2O7/c1-6-34-26-19(11-9-13-29)20(14-23(35-26)25(31)27(3)16-24(32-4)33-5)21-15-28(17(2)30)22-12-8-7-10-18(21)22/h7-8,10,12,14-15,19-20,24,26,29H,6,9,11,13,16H2,1-5H3. The predicted molar refractivity (Wildman–Crippen MR) is 131 cm³/mol. The Hall–Kier alpha value is -2.72. The van der Waals surface area contributed by atoms with Gasteiger partial charge in [-0.25, -0.2) is 0 Å². The molecule has 1 amide bonds. The van der Waals surface area contributed by atoms with Crippen LogP contribution < -0.4 is 0 Å². The summed E-state index contributed by atoms with van der Waals surface area (Å²) in [6, 6.07) is 7.70. The van der Waals surface area contributed by atoms with Crippen molar-refractivity contribution in [2.75, 3.05) is 41.0 Å². The number of hydrogen-bond donors (Lipinski definition) is 1. The first kappa shape index (κ1) is 26.9. The van der Waals surface area contributed by atoms with Gasteiger partial charge in [-0.15, -0.1) is 0 Å². The summed E-state index contributed by atoms with van der Waals surface area (Å²) < 4.78 is 24.1. The van der Waals surface area contributed by atoms with Crippen LogP contribution in [0.25, 0.3) is 10.9 Å². The number of ether oxygens (including phenoxy) is 4. The zero-order valence-electron chi connectivity index (χ0n) is 21.1. The molecule has 9 heteroatoms. The molecule has 3 rings (SSSR count). The molecule has 9 nitrogen and oxygen atoms in total. The number of methoxy groups -OCH3 is 2. The maximum atomic E-state index is 13.4. The minimum Gasteiger partial charge on any atom is -0.459 e. The van der Waals surface area contributed by atoms with Crippen molar-refractivity contribution in [3.05, 3.63) is 47.9 Å². The summed E-state index contributed by atoms with van der Waals surface area (Å²) in [5.74, 6) is -0.694. The summed E-state index contributed by atoms with van der Waals surface area (Å²) in [6.07, 6.45) is 3.57. The summed E-state index contributed by atoms with van der Waals surface area (Å²) in [5.41, 5.74) is 1.71. The number of aromatic nitrogens is 1. The van der Waals surface area contributed by atoms with E-state index in [0.29, 0.717) is 19.4 Å². The molecule has 3 atom stereocenters. The molecule has 1 aromatic heterocycles. The average Bonchev–Trinajstić information content (AvgIpc) is 3.25. The van der Waals surface area contributed by atoms with Crippen molar-refractivity contribution in [3.63, 3.8) is 0 Å². The molecular formula is C26H36N2O7. The van der Waals surface area contributed by atoms with Gasteiger partial charge in [0.2, 0.25) is 12.2 Å². The van der Waals surface area contributed by atoms with E-state index in [0.717, 1.165) is 16.5 Å². The topological polar surface area (TPSA) is 99.5 Å². The molecule has 0 spiro atoms. The highest BCUT2D eigenvalue weighted by Crippen LogP contribution is 2.42. The largest absolute Gasteiger partial charge is 0.459 e. The van der Waals surface area contributed by atoms with Gasteiger partial charge < -0.3 is 29.0 Å². The van der Waals surface area contributed by atoms with E-state index in [1.54, 1.807) is 11.6 Å². The van der Waals surface area contributed by atoms with Crippen molar-refractivity contribution < 1.29 is 33.6 Å². The van der Waals surface area contributed by atoms with E-state index in [2.05, 4.69) is 0 Å². The van der Waals surface area contributed by atoms with Crippen LogP contribution in [0.1, 0.15) is 43.0 Å². The first-order valence-corrected chi connectivity index (χ1v) is 11.9. The molecule has 0 fully saturated rings. The number of aliphatic hydroxyl groups is 1. The van der Waals surface area contributed by atoms with Gasteiger partial charge >= 0.3 is 0 Å². The first-order valence-electron chi connectivity index (χ1n) is 11.9. The molecular weight excluding hydrogens is 452 g/mol. The zero-order valence-corrected chi connectivity index (χ0v) is 21.1. The molecule has 1 aliphatic rings. The number of likely N-dealkylation sites (N-methyl/N-ethyl adjacent to an activating group) is 1. The zero-order chi connectivity index (χ0) is 25.5. The number of aliphatic hydroxyl groups excluding tert-OH is 1. The smallest absolute Gasteiger partial charge is 0.288 e. The number of fused-ring (bicyclic) bond motifs is 1. The van der Waals surface area contributed by atoms with E-state index in [4.69, 9.17) is 18.9 Å². The van der Waals surface area contributed by atoms with Crippen LogP contribution in [0.3, 0.4) is 0 Å². The highest BCUT2D eigenvalue weighted by atomic mass is 16.7. The lowest BCUT2D eigenvalue weighted by molar-refractivity contribution is -0.172. The van der Waals surface area contributed by atoms with Crippen molar-refractivity contribution in [1.82, 2.24) is 9.47 Å². The Morgan fingerprint density at radius 3 is 2.57 bits per heavy atom. The summed E-state index contributed by atoms with van der Waals surface area (Å²) in [4.78, 5) is 27.2. The Bertz CT molecular complexity index is 1040.